The molecule has 6 nitrogen and oxygen atoms in total. The molecule has 3 rings (SSSR count). The highest BCUT2D eigenvalue weighted by Gasteiger charge is 2.20. The van der Waals surface area contributed by atoms with Crippen LogP contribution in [0.4, 0.5) is 14.5 Å². The normalized spacial score (nSPS) is 10.7. The van der Waals surface area contributed by atoms with Gasteiger partial charge in [-0.3, -0.25) is 9.67 Å². The van der Waals surface area contributed by atoms with Gasteiger partial charge in [-0.25, -0.2) is 8.78 Å². The highest BCUT2D eigenvalue weighted by molar-refractivity contribution is 6.31. The molecule has 0 amide bonds. The topological polar surface area (TPSA) is 61.2 Å². The summed E-state index contributed by atoms with van der Waals surface area (Å²) in [4.78, 5) is 4.31. The summed E-state index contributed by atoms with van der Waals surface area (Å²) in [5.41, 5.74) is 1.48. The largest absolute Gasteiger partial charge is 0.493 e. The second kappa shape index (κ2) is 7.79. The fraction of sp³-hybridized carbons (Fsp3) is 0.222. The van der Waals surface area contributed by atoms with Crippen LogP contribution in [0.5, 0.6) is 11.5 Å². The van der Waals surface area contributed by atoms with Crippen molar-refractivity contribution in [2.45, 2.75) is 6.54 Å². The Bertz CT molecular complexity index is 950. The Morgan fingerprint density at radius 1 is 1.11 bits per heavy atom. The van der Waals surface area contributed by atoms with E-state index < -0.39 is 11.6 Å². The molecule has 27 heavy (non-hydrogen) atoms. The number of hydrogen-bond acceptors (Lipinski definition) is 5. The molecule has 2 aromatic heterocycles. The maximum atomic E-state index is 14.4. The molecule has 0 fully saturated rings. The minimum absolute atomic E-state index is 0.0541. The number of methoxy groups -OCH3 is 2. The number of anilines is 1. The summed E-state index contributed by atoms with van der Waals surface area (Å²) in [5.74, 6) is -1.98. The smallest absolute Gasteiger partial charge is 0.191 e. The summed E-state index contributed by atoms with van der Waals surface area (Å²) >= 11 is 6.30. The lowest BCUT2D eigenvalue weighted by Crippen LogP contribution is -2.07. The number of aromatic nitrogens is 3. The van der Waals surface area contributed by atoms with Gasteiger partial charge in [0.15, 0.2) is 23.1 Å². The summed E-state index contributed by atoms with van der Waals surface area (Å²) in [6.07, 6.45) is 3.33. The Morgan fingerprint density at radius 2 is 1.78 bits per heavy atom. The van der Waals surface area contributed by atoms with Gasteiger partial charge in [-0.15, -0.1) is 0 Å². The summed E-state index contributed by atoms with van der Waals surface area (Å²) in [6.45, 7) is 0.0541. The monoisotopic (exact) mass is 394 g/mol. The van der Waals surface area contributed by atoms with Gasteiger partial charge in [0.2, 0.25) is 0 Å². The van der Waals surface area contributed by atoms with E-state index in [4.69, 9.17) is 21.1 Å². The maximum absolute atomic E-state index is 14.4. The lowest BCUT2D eigenvalue weighted by atomic mass is 10.2. The molecule has 0 atom stereocenters. The number of halogens is 3. The second-order valence-electron chi connectivity index (χ2n) is 5.67. The fourth-order valence-corrected chi connectivity index (χ4v) is 2.72. The molecule has 0 spiro atoms. The van der Waals surface area contributed by atoms with Gasteiger partial charge in [-0.2, -0.15) is 5.10 Å². The van der Waals surface area contributed by atoms with Crippen molar-refractivity contribution in [1.82, 2.24) is 14.8 Å². The van der Waals surface area contributed by atoms with Gasteiger partial charge in [0.1, 0.15) is 11.4 Å². The van der Waals surface area contributed by atoms with Crippen LogP contribution in [0.15, 0.2) is 30.6 Å². The molecular weight excluding hydrogens is 378 g/mol. The van der Waals surface area contributed by atoms with Crippen molar-refractivity contribution in [2.24, 2.45) is 7.05 Å². The van der Waals surface area contributed by atoms with Crippen molar-refractivity contribution in [3.05, 3.63) is 52.8 Å². The average molecular weight is 395 g/mol. The molecule has 0 aliphatic carbocycles. The van der Waals surface area contributed by atoms with Crippen molar-refractivity contribution < 1.29 is 18.3 Å². The summed E-state index contributed by atoms with van der Waals surface area (Å²) in [6, 6.07) is 4.61. The number of pyridine rings is 1. The van der Waals surface area contributed by atoms with Gasteiger partial charge in [0.05, 0.1) is 19.9 Å². The number of nitrogens with one attached hydrogen (secondary N) is 1. The van der Waals surface area contributed by atoms with Crippen LogP contribution in [0.25, 0.3) is 11.4 Å². The minimum Gasteiger partial charge on any atom is -0.493 e. The van der Waals surface area contributed by atoms with Crippen LogP contribution >= 0.6 is 11.6 Å². The Hall–Kier alpha value is -2.87. The number of aryl methyl sites for hydroxylation is 1. The van der Waals surface area contributed by atoms with Gasteiger partial charge >= 0.3 is 0 Å². The van der Waals surface area contributed by atoms with E-state index in [-0.39, 0.29) is 23.7 Å². The predicted molar refractivity (Wildman–Crippen MR) is 98.2 cm³/mol. The van der Waals surface area contributed by atoms with E-state index >= 15 is 0 Å². The van der Waals surface area contributed by atoms with Gasteiger partial charge in [0, 0.05) is 42.6 Å². The van der Waals surface area contributed by atoms with Crippen LogP contribution in [0.2, 0.25) is 5.02 Å². The molecule has 0 saturated heterocycles. The second-order valence-corrected chi connectivity index (χ2v) is 6.08. The van der Waals surface area contributed by atoms with Crippen LogP contribution in [0.1, 0.15) is 5.56 Å². The third-order valence-electron chi connectivity index (χ3n) is 3.93. The zero-order valence-electron chi connectivity index (χ0n) is 14.9. The van der Waals surface area contributed by atoms with Crippen LogP contribution < -0.4 is 14.8 Å². The first-order chi connectivity index (χ1) is 12.9. The molecule has 0 radical (unpaired) electrons. The zero-order chi connectivity index (χ0) is 19.6. The third-order valence-corrected chi connectivity index (χ3v) is 4.29. The molecule has 0 aliphatic rings. The van der Waals surface area contributed by atoms with Gasteiger partial charge in [-0.1, -0.05) is 11.6 Å². The highest BCUT2D eigenvalue weighted by Crippen LogP contribution is 2.35. The Kier molecular flexibility index (Phi) is 5.46. The van der Waals surface area contributed by atoms with E-state index in [1.807, 2.05) is 6.07 Å². The quantitative estimate of drug-likeness (QED) is 0.683. The molecule has 142 valence electrons. The number of benzene rings is 1. The molecule has 0 saturated carbocycles. The van der Waals surface area contributed by atoms with Gasteiger partial charge in [-0.05, 0) is 12.1 Å². The highest BCUT2D eigenvalue weighted by atomic mass is 35.5. The van der Waals surface area contributed by atoms with Crippen molar-refractivity contribution in [2.75, 3.05) is 19.5 Å². The van der Waals surface area contributed by atoms with Crippen LogP contribution in [-0.2, 0) is 13.6 Å². The van der Waals surface area contributed by atoms with E-state index in [1.54, 1.807) is 24.0 Å². The molecule has 1 aromatic carbocycles. The molecule has 0 bridgehead atoms. The van der Waals surface area contributed by atoms with Crippen molar-refractivity contribution in [1.29, 1.82) is 0 Å². The first-order valence-corrected chi connectivity index (χ1v) is 8.30. The summed E-state index contributed by atoms with van der Waals surface area (Å²) in [5, 5.41) is 7.35. The third kappa shape index (κ3) is 3.80. The number of nitrogens with zero attached hydrogens (tertiary/aromatic N) is 3. The Morgan fingerprint density at radius 3 is 2.30 bits per heavy atom. The van der Waals surface area contributed by atoms with Gasteiger partial charge < -0.3 is 14.8 Å². The first kappa shape index (κ1) is 18.9. The van der Waals surface area contributed by atoms with E-state index in [0.29, 0.717) is 22.0 Å². The first-order valence-electron chi connectivity index (χ1n) is 7.93. The summed E-state index contributed by atoms with van der Waals surface area (Å²) < 4.78 is 40.3. The zero-order valence-corrected chi connectivity index (χ0v) is 15.6. The van der Waals surface area contributed by atoms with Crippen molar-refractivity contribution >= 4 is 17.3 Å². The molecule has 0 aliphatic heterocycles. The number of rotatable bonds is 6. The predicted octanol–water partition coefficient (Wildman–Crippen LogP) is 4.04. The lowest BCUT2D eigenvalue weighted by Gasteiger charge is -2.14. The van der Waals surface area contributed by atoms with E-state index in [9.17, 15) is 8.78 Å². The van der Waals surface area contributed by atoms with Crippen molar-refractivity contribution in [3.8, 4) is 22.9 Å². The van der Waals surface area contributed by atoms with Crippen molar-refractivity contribution in [3.63, 3.8) is 0 Å². The van der Waals surface area contributed by atoms with Gasteiger partial charge in [0.25, 0.3) is 0 Å². The lowest BCUT2D eigenvalue weighted by molar-refractivity contribution is 0.360. The Labute approximate surface area is 159 Å². The van der Waals surface area contributed by atoms with Crippen LogP contribution in [-0.4, -0.2) is 29.0 Å². The number of ether oxygens (including phenoxy) is 2. The number of hydrogen-bond donors (Lipinski definition) is 1. The molecule has 2 heterocycles. The Balaban J connectivity index is 1.85. The van der Waals surface area contributed by atoms with Crippen LogP contribution in [0, 0.1) is 11.6 Å². The van der Waals surface area contributed by atoms with E-state index in [2.05, 4.69) is 15.4 Å². The minimum atomic E-state index is -0.856. The maximum Gasteiger partial charge on any atom is 0.191 e. The average Bonchev–Trinajstić information content (AvgIpc) is 3.09. The fourth-order valence-electron chi connectivity index (χ4n) is 2.51. The standard InChI is InChI=1S/C18H17ClF2N4O2/c1-25-5-4-12(24-25)13-6-11(19)10(8-22-13)9-23-18-16(20)14(26-2)7-15(27-3)17(18)21/h4-8,23H,9H2,1-3H3. The van der Waals surface area contributed by atoms with E-state index in [0.717, 1.165) is 6.07 Å². The van der Waals surface area contributed by atoms with Crippen LogP contribution in [0.3, 0.4) is 0 Å². The SMILES string of the molecule is COc1cc(OC)c(F)c(NCc2cnc(-c3ccn(C)n3)cc2Cl)c1F. The summed E-state index contributed by atoms with van der Waals surface area (Å²) in [7, 11) is 4.38. The molecule has 3 aromatic rings. The molecular formula is C18H17ClF2N4O2. The van der Waals surface area contributed by atoms with E-state index in [1.165, 1.54) is 20.4 Å². The molecule has 1 N–H and O–H groups in total. The molecule has 0 unspecified atom stereocenters. The molecule has 9 heteroatoms.